The van der Waals surface area contributed by atoms with Gasteiger partial charge in [0, 0.05) is 6.42 Å². The molecule has 16 heavy (non-hydrogen) atoms. The van der Waals surface area contributed by atoms with Gasteiger partial charge in [-0.15, -0.1) is 0 Å². The van der Waals surface area contributed by atoms with Crippen LogP contribution in [0.25, 0.3) is 0 Å². The molecular weight excluding hydrogens is 216 g/mol. The summed E-state index contributed by atoms with van der Waals surface area (Å²) in [7, 11) is -0.939. The molecule has 0 N–H and O–H groups in total. The smallest absolute Gasteiger partial charge is 0.174 e. The summed E-state index contributed by atoms with van der Waals surface area (Å²) < 4.78 is 11.9. The van der Waals surface area contributed by atoms with E-state index in [1.807, 2.05) is 0 Å². The molecule has 0 aromatic carbocycles. The van der Waals surface area contributed by atoms with Crippen LogP contribution in [0.4, 0.5) is 0 Å². The Balaban J connectivity index is 1.86. The summed E-state index contributed by atoms with van der Waals surface area (Å²) in [6, 6.07) is 0. The highest BCUT2D eigenvalue weighted by Crippen LogP contribution is 2.48. The van der Waals surface area contributed by atoms with Gasteiger partial charge < -0.3 is 9.16 Å². The Morgan fingerprint density at radius 3 is 2.31 bits per heavy atom. The molecule has 0 bridgehead atoms. The van der Waals surface area contributed by atoms with Crippen LogP contribution in [0.1, 0.15) is 40.0 Å². The second-order valence-electron chi connectivity index (χ2n) is 6.82. The zero-order valence-electron chi connectivity index (χ0n) is 11.3. The van der Waals surface area contributed by atoms with Crippen molar-refractivity contribution >= 4 is 9.04 Å². The molecule has 1 saturated carbocycles. The molecule has 4 atom stereocenters. The van der Waals surface area contributed by atoms with E-state index in [-0.39, 0.29) is 6.29 Å². The number of fused-ring (bicyclic) bond motifs is 1. The van der Waals surface area contributed by atoms with Crippen molar-refractivity contribution in [3.05, 3.63) is 0 Å². The van der Waals surface area contributed by atoms with Gasteiger partial charge in [-0.2, -0.15) is 0 Å². The summed E-state index contributed by atoms with van der Waals surface area (Å²) in [5, 5.41) is 0. The number of ether oxygens (including phenoxy) is 1. The van der Waals surface area contributed by atoms with Crippen molar-refractivity contribution in [2.75, 3.05) is 0 Å². The molecule has 0 spiro atoms. The summed E-state index contributed by atoms with van der Waals surface area (Å²) >= 11 is 0. The first-order chi connectivity index (χ1) is 7.36. The normalized spacial score (nSPS) is 39.4. The lowest BCUT2D eigenvalue weighted by Crippen LogP contribution is -2.24. The standard InChI is InChI=1S/C13H26O2Si/c1-13(2,3)10-6-9-7-12(15-16(4)5)14-11(9)8-10/h9-12,16H,6-8H2,1-5H3/t9-,10-,11-,12?/m1/s1. The zero-order chi connectivity index (χ0) is 11.9. The summed E-state index contributed by atoms with van der Waals surface area (Å²) in [5.41, 5.74) is 0.441. The van der Waals surface area contributed by atoms with E-state index in [0.717, 1.165) is 18.3 Å². The van der Waals surface area contributed by atoms with Crippen molar-refractivity contribution in [3.8, 4) is 0 Å². The first-order valence-corrected chi connectivity index (χ1v) is 9.45. The molecule has 0 aromatic rings. The van der Waals surface area contributed by atoms with Crippen LogP contribution in [0, 0.1) is 17.3 Å². The molecule has 1 heterocycles. The average Bonchev–Trinajstić information content (AvgIpc) is 2.57. The third-order valence-electron chi connectivity index (χ3n) is 4.10. The van der Waals surface area contributed by atoms with Gasteiger partial charge in [-0.25, -0.2) is 0 Å². The predicted molar refractivity (Wildman–Crippen MR) is 68.9 cm³/mol. The summed E-state index contributed by atoms with van der Waals surface area (Å²) in [5.74, 6) is 1.60. The number of hydrogen-bond acceptors (Lipinski definition) is 2. The second-order valence-corrected chi connectivity index (χ2v) is 9.19. The fraction of sp³-hybridized carbons (Fsp3) is 1.00. The molecule has 0 aromatic heterocycles. The van der Waals surface area contributed by atoms with E-state index in [0.29, 0.717) is 11.5 Å². The zero-order valence-corrected chi connectivity index (χ0v) is 12.5. The topological polar surface area (TPSA) is 18.5 Å². The van der Waals surface area contributed by atoms with Gasteiger partial charge in [0.25, 0.3) is 0 Å². The Morgan fingerprint density at radius 1 is 1.12 bits per heavy atom. The lowest BCUT2D eigenvalue weighted by atomic mass is 9.79. The third kappa shape index (κ3) is 2.69. The van der Waals surface area contributed by atoms with Crippen LogP contribution in [0.2, 0.25) is 13.1 Å². The molecule has 1 aliphatic heterocycles. The summed E-state index contributed by atoms with van der Waals surface area (Å²) in [4.78, 5) is 0. The van der Waals surface area contributed by atoms with Gasteiger partial charge in [0.15, 0.2) is 9.04 Å². The van der Waals surface area contributed by atoms with E-state index in [1.54, 1.807) is 0 Å². The molecule has 1 saturated heterocycles. The highest BCUT2D eigenvalue weighted by Gasteiger charge is 2.46. The van der Waals surface area contributed by atoms with Crippen LogP contribution in [0.3, 0.4) is 0 Å². The highest BCUT2D eigenvalue weighted by molar-refractivity contribution is 6.48. The first-order valence-electron chi connectivity index (χ1n) is 6.67. The maximum Gasteiger partial charge on any atom is 0.174 e. The van der Waals surface area contributed by atoms with E-state index in [4.69, 9.17) is 9.16 Å². The van der Waals surface area contributed by atoms with Crippen molar-refractivity contribution in [1.29, 1.82) is 0 Å². The van der Waals surface area contributed by atoms with E-state index < -0.39 is 9.04 Å². The van der Waals surface area contributed by atoms with Crippen LogP contribution in [0.5, 0.6) is 0 Å². The summed E-state index contributed by atoms with van der Waals surface area (Å²) in [6.07, 6.45) is 4.34. The van der Waals surface area contributed by atoms with Gasteiger partial charge in [-0.05, 0) is 43.2 Å². The van der Waals surface area contributed by atoms with Crippen LogP contribution < -0.4 is 0 Å². The Kier molecular flexibility index (Phi) is 3.48. The van der Waals surface area contributed by atoms with Gasteiger partial charge in [-0.3, -0.25) is 0 Å². The molecule has 2 rings (SSSR count). The molecule has 94 valence electrons. The quantitative estimate of drug-likeness (QED) is 0.693. The van der Waals surface area contributed by atoms with Crippen molar-refractivity contribution in [2.45, 2.75) is 65.5 Å². The largest absolute Gasteiger partial charge is 0.396 e. The summed E-state index contributed by atoms with van der Waals surface area (Å²) in [6.45, 7) is 11.5. The Labute approximate surface area is 101 Å². The molecule has 2 fully saturated rings. The SMILES string of the molecule is C[SiH](C)OC1C[C@H]2C[C@@H](C(C)(C)C)C[C@H]2O1. The molecule has 1 aliphatic carbocycles. The minimum Gasteiger partial charge on any atom is -0.396 e. The highest BCUT2D eigenvalue weighted by atomic mass is 28.3. The first kappa shape index (κ1) is 12.6. The molecule has 0 amide bonds. The molecule has 1 unspecified atom stereocenters. The molecule has 0 radical (unpaired) electrons. The minimum atomic E-state index is -0.939. The monoisotopic (exact) mass is 242 g/mol. The lowest BCUT2D eigenvalue weighted by molar-refractivity contribution is -0.0792. The van der Waals surface area contributed by atoms with Crippen molar-refractivity contribution in [2.24, 2.45) is 17.3 Å². The van der Waals surface area contributed by atoms with E-state index in [9.17, 15) is 0 Å². The van der Waals surface area contributed by atoms with Crippen LogP contribution >= 0.6 is 0 Å². The Morgan fingerprint density at radius 2 is 1.81 bits per heavy atom. The third-order valence-corrected chi connectivity index (χ3v) is 4.95. The fourth-order valence-electron chi connectivity index (χ4n) is 3.10. The van der Waals surface area contributed by atoms with E-state index >= 15 is 0 Å². The average molecular weight is 242 g/mol. The maximum atomic E-state index is 6.03. The maximum absolute atomic E-state index is 6.03. The number of hydrogen-bond donors (Lipinski definition) is 0. The molecule has 2 nitrogen and oxygen atoms in total. The van der Waals surface area contributed by atoms with Gasteiger partial charge in [0.1, 0.15) is 6.29 Å². The Bertz CT molecular complexity index is 233. The van der Waals surface area contributed by atoms with Gasteiger partial charge >= 0.3 is 0 Å². The number of rotatable bonds is 2. The molecular formula is C13H26O2Si. The molecule has 3 heteroatoms. The van der Waals surface area contributed by atoms with Crippen LogP contribution in [-0.4, -0.2) is 21.4 Å². The lowest BCUT2D eigenvalue weighted by Gasteiger charge is -2.28. The second kappa shape index (κ2) is 4.43. The van der Waals surface area contributed by atoms with E-state index in [1.165, 1.54) is 12.8 Å². The minimum absolute atomic E-state index is 0.127. The van der Waals surface area contributed by atoms with Crippen molar-refractivity contribution in [3.63, 3.8) is 0 Å². The van der Waals surface area contributed by atoms with Gasteiger partial charge in [-0.1, -0.05) is 20.8 Å². The van der Waals surface area contributed by atoms with Crippen molar-refractivity contribution in [1.82, 2.24) is 0 Å². The van der Waals surface area contributed by atoms with Gasteiger partial charge in [0.05, 0.1) is 6.10 Å². The van der Waals surface area contributed by atoms with E-state index in [2.05, 4.69) is 33.9 Å². The fourth-order valence-corrected chi connectivity index (χ4v) is 3.88. The van der Waals surface area contributed by atoms with Crippen LogP contribution in [0.15, 0.2) is 0 Å². The van der Waals surface area contributed by atoms with Crippen molar-refractivity contribution < 1.29 is 9.16 Å². The predicted octanol–water partition coefficient (Wildman–Crippen LogP) is 3.17. The Hall–Kier alpha value is 0.137. The molecule has 2 aliphatic rings. The van der Waals surface area contributed by atoms with Gasteiger partial charge in [0.2, 0.25) is 0 Å². The van der Waals surface area contributed by atoms with Crippen LogP contribution in [-0.2, 0) is 9.16 Å².